The summed E-state index contributed by atoms with van der Waals surface area (Å²) in [5.74, 6) is -1.63. The van der Waals surface area contributed by atoms with Crippen LogP contribution in [0.25, 0.3) is 0 Å². The molecule has 2 rings (SSSR count). The number of hydrogen-bond acceptors (Lipinski definition) is 2. The monoisotopic (exact) mass is 276 g/mol. The topological polar surface area (TPSA) is 24.9 Å². The van der Waals surface area contributed by atoms with Gasteiger partial charge in [0.1, 0.15) is 0 Å². The Balaban J connectivity index is 2.41. The molecule has 0 fully saturated rings. The zero-order valence-corrected chi connectivity index (χ0v) is 11.7. The van der Waals surface area contributed by atoms with Crippen LogP contribution < -0.4 is 5.32 Å². The Hall–Kier alpha value is -1.81. The van der Waals surface area contributed by atoms with Crippen LogP contribution in [0.4, 0.5) is 8.78 Å². The summed E-state index contributed by atoms with van der Waals surface area (Å²) in [5.41, 5.74) is 2.03. The van der Waals surface area contributed by atoms with Gasteiger partial charge < -0.3 is 5.32 Å². The lowest BCUT2D eigenvalue weighted by Crippen LogP contribution is -2.24. The second kappa shape index (κ2) is 6.57. The molecule has 0 spiro atoms. The van der Waals surface area contributed by atoms with Crippen molar-refractivity contribution in [2.24, 2.45) is 0 Å². The van der Waals surface area contributed by atoms with E-state index in [1.54, 1.807) is 12.3 Å². The Morgan fingerprint density at radius 2 is 2.00 bits per heavy atom. The Bertz CT molecular complexity index is 567. The van der Waals surface area contributed by atoms with Gasteiger partial charge in [0, 0.05) is 17.5 Å². The van der Waals surface area contributed by atoms with Crippen molar-refractivity contribution in [3.05, 3.63) is 65.0 Å². The van der Waals surface area contributed by atoms with Crippen molar-refractivity contribution in [2.75, 3.05) is 6.54 Å². The number of nitrogens with one attached hydrogen (secondary N) is 1. The molecule has 1 unspecified atom stereocenters. The molecule has 4 heteroatoms. The molecular weight excluding hydrogens is 258 g/mol. The lowest BCUT2D eigenvalue weighted by Gasteiger charge is -2.20. The molecule has 20 heavy (non-hydrogen) atoms. The van der Waals surface area contributed by atoms with Crippen molar-refractivity contribution in [3.8, 4) is 0 Å². The van der Waals surface area contributed by atoms with E-state index >= 15 is 0 Å². The average Bonchev–Trinajstić information content (AvgIpc) is 2.45. The van der Waals surface area contributed by atoms with Crippen LogP contribution in [0.15, 0.2) is 36.5 Å². The summed E-state index contributed by atoms with van der Waals surface area (Å²) in [6, 6.07) is 7.62. The number of nitrogens with zero attached hydrogens (tertiary/aromatic N) is 1. The smallest absolute Gasteiger partial charge is 0.163 e. The summed E-state index contributed by atoms with van der Waals surface area (Å²) in [6.45, 7) is 4.63. The number of aromatic nitrogens is 1. The maximum Gasteiger partial charge on any atom is 0.163 e. The molecule has 1 aromatic carbocycles. The number of pyridine rings is 1. The van der Waals surface area contributed by atoms with Crippen LogP contribution in [0.2, 0.25) is 0 Å². The molecule has 0 bridgehead atoms. The van der Waals surface area contributed by atoms with Crippen LogP contribution >= 0.6 is 0 Å². The van der Waals surface area contributed by atoms with Gasteiger partial charge in [0.05, 0.1) is 6.04 Å². The van der Waals surface area contributed by atoms with Crippen LogP contribution in [-0.2, 0) is 0 Å². The lowest BCUT2D eigenvalue weighted by atomic mass is 9.99. The highest BCUT2D eigenvalue weighted by atomic mass is 19.2. The molecule has 0 aliphatic rings. The van der Waals surface area contributed by atoms with E-state index in [2.05, 4.69) is 10.3 Å². The fourth-order valence-electron chi connectivity index (χ4n) is 2.09. The summed E-state index contributed by atoms with van der Waals surface area (Å²) < 4.78 is 27.4. The van der Waals surface area contributed by atoms with Crippen molar-refractivity contribution in [3.63, 3.8) is 0 Å². The van der Waals surface area contributed by atoms with Crippen molar-refractivity contribution in [1.82, 2.24) is 10.3 Å². The van der Waals surface area contributed by atoms with Gasteiger partial charge in [0.25, 0.3) is 0 Å². The van der Waals surface area contributed by atoms with Crippen LogP contribution in [-0.4, -0.2) is 11.5 Å². The number of halogens is 2. The molecular formula is C16H18F2N2. The zero-order chi connectivity index (χ0) is 14.5. The molecule has 0 aliphatic heterocycles. The van der Waals surface area contributed by atoms with Crippen LogP contribution in [0.3, 0.4) is 0 Å². The standard InChI is InChI=1S/C16H18F2N2/c1-3-9-19-16(12-8-7-11(2)20-10-12)13-5-4-6-14(17)15(13)18/h4-8,10,16,19H,3,9H2,1-2H3. The van der Waals surface area contributed by atoms with E-state index in [-0.39, 0.29) is 0 Å². The maximum atomic E-state index is 14.0. The minimum atomic E-state index is -0.828. The lowest BCUT2D eigenvalue weighted by molar-refractivity contribution is 0.480. The van der Waals surface area contributed by atoms with Crippen LogP contribution in [0.5, 0.6) is 0 Å². The SMILES string of the molecule is CCCNC(c1ccc(C)nc1)c1cccc(F)c1F. The maximum absolute atomic E-state index is 14.0. The van der Waals surface area contributed by atoms with E-state index in [0.717, 1.165) is 23.7 Å². The van der Waals surface area contributed by atoms with E-state index in [1.165, 1.54) is 6.07 Å². The molecule has 0 radical (unpaired) electrons. The summed E-state index contributed by atoms with van der Waals surface area (Å²) in [5, 5.41) is 3.24. The fourth-order valence-corrected chi connectivity index (χ4v) is 2.09. The van der Waals surface area contributed by atoms with Gasteiger partial charge in [0.2, 0.25) is 0 Å². The quantitative estimate of drug-likeness (QED) is 0.899. The zero-order valence-electron chi connectivity index (χ0n) is 11.7. The van der Waals surface area contributed by atoms with Gasteiger partial charge in [-0.15, -0.1) is 0 Å². The van der Waals surface area contributed by atoms with E-state index in [4.69, 9.17) is 0 Å². The van der Waals surface area contributed by atoms with E-state index < -0.39 is 17.7 Å². The summed E-state index contributed by atoms with van der Waals surface area (Å²) in [4.78, 5) is 4.23. The Labute approximate surface area is 117 Å². The molecule has 1 atom stereocenters. The Morgan fingerprint density at radius 3 is 2.65 bits per heavy atom. The molecule has 106 valence electrons. The first-order chi connectivity index (χ1) is 9.63. The average molecular weight is 276 g/mol. The van der Waals surface area contributed by atoms with Crippen molar-refractivity contribution in [2.45, 2.75) is 26.3 Å². The molecule has 0 aliphatic carbocycles. The van der Waals surface area contributed by atoms with Gasteiger partial charge in [0.15, 0.2) is 11.6 Å². The highest BCUT2D eigenvalue weighted by molar-refractivity contribution is 5.32. The number of rotatable bonds is 5. The third-order valence-electron chi connectivity index (χ3n) is 3.16. The minimum absolute atomic E-state index is 0.309. The predicted octanol–water partition coefficient (Wildman–Crippen LogP) is 3.76. The molecule has 1 aromatic heterocycles. The largest absolute Gasteiger partial charge is 0.306 e. The van der Waals surface area contributed by atoms with Crippen molar-refractivity contribution in [1.29, 1.82) is 0 Å². The molecule has 1 heterocycles. The highest BCUT2D eigenvalue weighted by Gasteiger charge is 2.19. The van der Waals surface area contributed by atoms with Gasteiger partial charge in [-0.3, -0.25) is 4.98 Å². The van der Waals surface area contributed by atoms with E-state index in [0.29, 0.717) is 12.1 Å². The molecule has 1 N–H and O–H groups in total. The Morgan fingerprint density at radius 1 is 1.20 bits per heavy atom. The minimum Gasteiger partial charge on any atom is -0.306 e. The normalized spacial score (nSPS) is 12.4. The number of benzene rings is 1. The van der Waals surface area contributed by atoms with E-state index in [1.807, 2.05) is 26.0 Å². The molecule has 0 amide bonds. The van der Waals surface area contributed by atoms with E-state index in [9.17, 15) is 8.78 Å². The predicted molar refractivity (Wildman–Crippen MR) is 75.5 cm³/mol. The first-order valence-corrected chi connectivity index (χ1v) is 6.73. The third-order valence-corrected chi connectivity index (χ3v) is 3.16. The van der Waals surface area contributed by atoms with Gasteiger partial charge in [-0.2, -0.15) is 0 Å². The van der Waals surface area contributed by atoms with Gasteiger partial charge in [-0.25, -0.2) is 8.78 Å². The van der Waals surface area contributed by atoms with Crippen molar-refractivity contribution >= 4 is 0 Å². The number of aryl methyl sites for hydroxylation is 1. The summed E-state index contributed by atoms with van der Waals surface area (Å²) in [7, 11) is 0. The second-order valence-corrected chi connectivity index (χ2v) is 4.76. The molecule has 2 nitrogen and oxygen atoms in total. The molecule has 0 saturated carbocycles. The molecule has 0 saturated heterocycles. The fraction of sp³-hybridized carbons (Fsp3) is 0.312. The summed E-state index contributed by atoms with van der Waals surface area (Å²) in [6.07, 6.45) is 2.61. The second-order valence-electron chi connectivity index (χ2n) is 4.76. The van der Waals surface area contributed by atoms with Gasteiger partial charge >= 0.3 is 0 Å². The van der Waals surface area contributed by atoms with Crippen LogP contribution in [0.1, 0.15) is 36.2 Å². The number of hydrogen-bond donors (Lipinski definition) is 1. The van der Waals surface area contributed by atoms with Gasteiger partial charge in [-0.1, -0.05) is 25.1 Å². The highest BCUT2D eigenvalue weighted by Crippen LogP contribution is 2.25. The van der Waals surface area contributed by atoms with Gasteiger partial charge in [-0.05, 0) is 37.6 Å². The van der Waals surface area contributed by atoms with Crippen LogP contribution in [0, 0.1) is 18.6 Å². The molecule has 2 aromatic rings. The summed E-state index contributed by atoms with van der Waals surface area (Å²) >= 11 is 0. The van der Waals surface area contributed by atoms with Crippen molar-refractivity contribution < 1.29 is 8.78 Å². The first-order valence-electron chi connectivity index (χ1n) is 6.73. The Kier molecular flexibility index (Phi) is 4.79. The third kappa shape index (κ3) is 3.20. The first kappa shape index (κ1) is 14.6.